The van der Waals surface area contributed by atoms with E-state index in [1.807, 2.05) is 26.4 Å². The van der Waals surface area contributed by atoms with E-state index in [0.717, 1.165) is 12.1 Å². The molecule has 0 radical (unpaired) electrons. The van der Waals surface area contributed by atoms with Crippen LogP contribution in [0.4, 0.5) is 0 Å². The summed E-state index contributed by atoms with van der Waals surface area (Å²) >= 11 is 5.75. The molecule has 4 heteroatoms. The first-order valence-corrected chi connectivity index (χ1v) is 3.80. The van der Waals surface area contributed by atoms with Crippen LogP contribution in [0, 0.1) is 0 Å². The lowest BCUT2D eigenvalue weighted by Crippen LogP contribution is -2.10. The molecule has 0 spiro atoms. The molecule has 0 aromatic carbocycles. The van der Waals surface area contributed by atoms with Gasteiger partial charge < -0.3 is 4.90 Å². The lowest BCUT2D eigenvalue weighted by atomic mass is 10.3. The highest BCUT2D eigenvalue weighted by Gasteiger charge is 1.95. The van der Waals surface area contributed by atoms with Crippen LogP contribution in [0.5, 0.6) is 0 Å². The highest BCUT2D eigenvalue weighted by atomic mass is 35.5. The van der Waals surface area contributed by atoms with Crippen molar-refractivity contribution in [1.82, 2.24) is 9.88 Å². The maximum atomic E-state index is 5.75. The Bertz CT molecular complexity index is 238. The molecule has 1 rings (SSSR count). The number of rotatable bonds is 2. The Morgan fingerprint density at radius 1 is 1.42 bits per heavy atom. The largest absolute Gasteiger partial charge is 0.305 e. The molecule has 0 saturated heterocycles. The fourth-order valence-corrected chi connectivity index (χ4v) is 1.10. The second kappa shape index (κ2) is 5.36. The minimum absolute atomic E-state index is 0. The van der Waals surface area contributed by atoms with Crippen LogP contribution in [0.3, 0.4) is 0 Å². The minimum atomic E-state index is 0. The monoisotopic (exact) mass is 206 g/mol. The summed E-state index contributed by atoms with van der Waals surface area (Å²) in [6.45, 7) is 0.882. The first-order valence-electron chi connectivity index (χ1n) is 3.42. The van der Waals surface area contributed by atoms with Crippen molar-refractivity contribution in [3.8, 4) is 0 Å². The molecule has 0 amide bonds. The van der Waals surface area contributed by atoms with E-state index in [1.165, 1.54) is 0 Å². The maximum Gasteiger partial charge on any atom is 0.0592 e. The molecule has 1 heterocycles. The summed E-state index contributed by atoms with van der Waals surface area (Å²) in [6.07, 6.45) is 3.46. The van der Waals surface area contributed by atoms with Crippen LogP contribution in [0.15, 0.2) is 18.5 Å². The Morgan fingerprint density at radius 2 is 2.08 bits per heavy atom. The van der Waals surface area contributed by atoms with Crippen molar-refractivity contribution >= 4 is 24.0 Å². The van der Waals surface area contributed by atoms with E-state index < -0.39 is 0 Å². The van der Waals surface area contributed by atoms with Gasteiger partial charge in [-0.1, -0.05) is 11.6 Å². The van der Waals surface area contributed by atoms with E-state index in [1.54, 1.807) is 6.20 Å². The van der Waals surface area contributed by atoms with Gasteiger partial charge in [0.1, 0.15) is 0 Å². The Kier molecular flexibility index (Phi) is 5.22. The topological polar surface area (TPSA) is 16.1 Å². The first kappa shape index (κ1) is 11.7. The fraction of sp³-hybridized carbons (Fsp3) is 0.375. The van der Waals surface area contributed by atoms with Crippen LogP contribution in [-0.2, 0) is 6.54 Å². The molecule has 0 atom stereocenters. The molecule has 1 aromatic heterocycles. The van der Waals surface area contributed by atoms with Crippen LogP contribution in [0.2, 0.25) is 5.02 Å². The number of hydrogen-bond donors (Lipinski definition) is 0. The van der Waals surface area contributed by atoms with E-state index >= 15 is 0 Å². The van der Waals surface area contributed by atoms with Gasteiger partial charge >= 0.3 is 0 Å². The predicted molar refractivity (Wildman–Crippen MR) is 53.9 cm³/mol. The second-order valence-electron chi connectivity index (χ2n) is 2.75. The Labute approximate surface area is 84.0 Å². The van der Waals surface area contributed by atoms with Crippen LogP contribution >= 0.6 is 24.0 Å². The van der Waals surface area contributed by atoms with E-state index in [0.29, 0.717) is 5.02 Å². The normalized spacial score (nSPS) is 9.67. The summed E-state index contributed by atoms with van der Waals surface area (Å²) in [7, 11) is 4.03. The average molecular weight is 207 g/mol. The molecule has 0 unspecified atom stereocenters. The third kappa shape index (κ3) is 3.90. The molecule has 0 aliphatic carbocycles. The third-order valence-electron chi connectivity index (χ3n) is 1.26. The second-order valence-corrected chi connectivity index (χ2v) is 3.19. The lowest BCUT2D eigenvalue weighted by molar-refractivity contribution is 0.402. The summed E-state index contributed by atoms with van der Waals surface area (Å²) in [5.74, 6) is 0. The van der Waals surface area contributed by atoms with E-state index in [-0.39, 0.29) is 12.4 Å². The maximum absolute atomic E-state index is 5.75. The van der Waals surface area contributed by atoms with Gasteiger partial charge in [-0.3, -0.25) is 4.98 Å². The standard InChI is InChI=1S/C8H11ClN2.ClH/c1-11(2)6-7-3-8(9)5-10-4-7;/h3-5H,6H2,1-2H3;1H. The van der Waals surface area contributed by atoms with Crippen LogP contribution < -0.4 is 0 Å². The zero-order valence-corrected chi connectivity index (χ0v) is 8.69. The molecule has 68 valence electrons. The summed E-state index contributed by atoms with van der Waals surface area (Å²) < 4.78 is 0. The molecule has 12 heavy (non-hydrogen) atoms. The summed E-state index contributed by atoms with van der Waals surface area (Å²) in [6, 6.07) is 1.93. The van der Waals surface area contributed by atoms with Crippen molar-refractivity contribution in [3.05, 3.63) is 29.0 Å². The quantitative estimate of drug-likeness (QED) is 0.739. The molecule has 0 bridgehead atoms. The van der Waals surface area contributed by atoms with Gasteiger partial charge in [0.05, 0.1) is 5.02 Å². The minimum Gasteiger partial charge on any atom is -0.305 e. The molecule has 0 fully saturated rings. The van der Waals surface area contributed by atoms with Gasteiger partial charge in [-0.25, -0.2) is 0 Å². The Hall–Kier alpha value is -0.310. The fourth-order valence-electron chi connectivity index (χ4n) is 0.907. The van der Waals surface area contributed by atoms with Crippen molar-refractivity contribution in [2.45, 2.75) is 6.54 Å². The first-order chi connectivity index (χ1) is 5.18. The van der Waals surface area contributed by atoms with Crippen molar-refractivity contribution in [2.24, 2.45) is 0 Å². The molecule has 0 saturated carbocycles. The third-order valence-corrected chi connectivity index (χ3v) is 1.47. The van der Waals surface area contributed by atoms with Crippen molar-refractivity contribution in [3.63, 3.8) is 0 Å². The lowest BCUT2D eigenvalue weighted by Gasteiger charge is -2.08. The number of halogens is 2. The van der Waals surface area contributed by atoms with Gasteiger partial charge in [-0.15, -0.1) is 12.4 Å². The van der Waals surface area contributed by atoms with Crippen molar-refractivity contribution in [2.75, 3.05) is 14.1 Å². The zero-order chi connectivity index (χ0) is 8.27. The smallest absolute Gasteiger partial charge is 0.0592 e. The highest BCUT2D eigenvalue weighted by Crippen LogP contribution is 2.08. The molecule has 0 aliphatic rings. The van der Waals surface area contributed by atoms with Gasteiger partial charge in [0.25, 0.3) is 0 Å². The van der Waals surface area contributed by atoms with Gasteiger partial charge in [0.2, 0.25) is 0 Å². The van der Waals surface area contributed by atoms with Gasteiger partial charge in [-0.2, -0.15) is 0 Å². The van der Waals surface area contributed by atoms with E-state index in [9.17, 15) is 0 Å². The SMILES string of the molecule is CN(C)Cc1cncc(Cl)c1.Cl. The number of pyridine rings is 1. The van der Waals surface area contributed by atoms with Crippen molar-refractivity contribution in [1.29, 1.82) is 0 Å². The summed E-state index contributed by atoms with van der Waals surface area (Å²) in [5.41, 5.74) is 1.14. The number of hydrogen-bond acceptors (Lipinski definition) is 2. The zero-order valence-electron chi connectivity index (χ0n) is 7.12. The molecule has 1 aromatic rings. The molecular formula is C8H12Cl2N2. The number of aromatic nitrogens is 1. The average Bonchev–Trinajstić information content (AvgIpc) is 1.85. The molecule has 0 N–H and O–H groups in total. The Balaban J connectivity index is 0.00000121. The van der Waals surface area contributed by atoms with E-state index in [2.05, 4.69) is 9.88 Å². The van der Waals surface area contributed by atoms with Gasteiger partial charge in [-0.05, 0) is 25.7 Å². The van der Waals surface area contributed by atoms with Gasteiger partial charge in [0.15, 0.2) is 0 Å². The van der Waals surface area contributed by atoms with Gasteiger partial charge in [0, 0.05) is 18.9 Å². The van der Waals surface area contributed by atoms with Crippen molar-refractivity contribution < 1.29 is 0 Å². The molecular weight excluding hydrogens is 195 g/mol. The molecule has 0 aliphatic heterocycles. The highest BCUT2D eigenvalue weighted by molar-refractivity contribution is 6.30. The van der Waals surface area contributed by atoms with Crippen LogP contribution in [-0.4, -0.2) is 24.0 Å². The Morgan fingerprint density at radius 3 is 2.58 bits per heavy atom. The van der Waals surface area contributed by atoms with Crippen LogP contribution in [0.25, 0.3) is 0 Å². The van der Waals surface area contributed by atoms with Crippen LogP contribution in [0.1, 0.15) is 5.56 Å². The van der Waals surface area contributed by atoms with E-state index in [4.69, 9.17) is 11.6 Å². The number of nitrogens with zero attached hydrogens (tertiary/aromatic N) is 2. The summed E-state index contributed by atoms with van der Waals surface area (Å²) in [5, 5.41) is 0.698. The predicted octanol–water partition coefficient (Wildman–Crippen LogP) is 2.22. The molecule has 2 nitrogen and oxygen atoms in total. The summed E-state index contributed by atoms with van der Waals surface area (Å²) in [4.78, 5) is 6.06.